The average Bonchev–Trinajstić information content (AvgIpc) is 3.20. The van der Waals surface area contributed by atoms with Gasteiger partial charge in [0.15, 0.2) is 17.5 Å². The number of hydrogen-bond acceptors (Lipinski definition) is 4. The van der Waals surface area contributed by atoms with Gasteiger partial charge in [0.05, 0.1) is 25.2 Å². The maximum Gasteiger partial charge on any atom is 0.314 e. The summed E-state index contributed by atoms with van der Waals surface area (Å²) in [5.74, 6) is -6.24. The fraction of sp³-hybridized carbons (Fsp3) is 0.304. The summed E-state index contributed by atoms with van der Waals surface area (Å²) in [5, 5.41) is 2.58. The van der Waals surface area contributed by atoms with Crippen LogP contribution in [0.5, 0.6) is 5.75 Å². The van der Waals surface area contributed by atoms with Crippen molar-refractivity contribution in [2.75, 3.05) is 13.7 Å². The summed E-state index contributed by atoms with van der Waals surface area (Å²) >= 11 is 0. The molecule has 164 valence electrons. The van der Waals surface area contributed by atoms with Gasteiger partial charge in [-0.15, -0.1) is 0 Å². The zero-order chi connectivity index (χ0) is 22.5. The lowest BCUT2D eigenvalue weighted by molar-refractivity contribution is -0.146. The lowest BCUT2D eigenvalue weighted by Crippen LogP contribution is -2.34. The third-order valence-electron chi connectivity index (χ3n) is 5.13. The number of nitrogens with one attached hydrogen (secondary N) is 1. The van der Waals surface area contributed by atoms with E-state index < -0.39 is 46.9 Å². The molecule has 3 rings (SSSR count). The van der Waals surface area contributed by atoms with Crippen LogP contribution in [0.3, 0.4) is 0 Å². The summed E-state index contributed by atoms with van der Waals surface area (Å²) in [4.78, 5) is 25.1. The van der Waals surface area contributed by atoms with E-state index in [1.54, 1.807) is 43.3 Å². The predicted octanol–water partition coefficient (Wildman–Crippen LogP) is 4.13. The van der Waals surface area contributed by atoms with Crippen molar-refractivity contribution in [3.05, 3.63) is 77.1 Å². The Labute approximate surface area is 177 Å². The summed E-state index contributed by atoms with van der Waals surface area (Å²) in [7, 11) is 1.52. The molecule has 1 aliphatic rings. The van der Waals surface area contributed by atoms with E-state index in [4.69, 9.17) is 9.47 Å². The number of methoxy groups -OCH3 is 1. The normalized spacial score (nSPS) is 18.5. The molecule has 3 atom stereocenters. The second-order valence-electron chi connectivity index (χ2n) is 7.09. The molecule has 0 saturated carbocycles. The van der Waals surface area contributed by atoms with Gasteiger partial charge in [-0.3, -0.25) is 9.59 Å². The zero-order valence-electron chi connectivity index (χ0n) is 17.0. The van der Waals surface area contributed by atoms with Gasteiger partial charge in [-0.1, -0.05) is 24.3 Å². The Morgan fingerprint density at radius 3 is 2.61 bits per heavy atom. The van der Waals surface area contributed by atoms with Crippen LogP contribution in [-0.4, -0.2) is 31.6 Å². The fourth-order valence-corrected chi connectivity index (χ4v) is 3.65. The summed E-state index contributed by atoms with van der Waals surface area (Å²) in [6.45, 7) is 1.93. The molecule has 31 heavy (non-hydrogen) atoms. The van der Waals surface area contributed by atoms with Crippen molar-refractivity contribution in [1.82, 2.24) is 5.32 Å². The van der Waals surface area contributed by atoms with E-state index in [1.807, 2.05) is 0 Å². The fourth-order valence-electron chi connectivity index (χ4n) is 3.65. The summed E-state index contributed by atoms with van der Waals surface area (Å²) < 4.78 is 50.9. The van der Waals surface area contributed by atoms with Crippen LogP contribution in [-0.2, 0) is 9.53 Å². The molecule has 5 nitrogen and oxygen atoms in total. The van der Waals surface area contributed by atoms with Crippen LogP contribution in [0, 0.1) is 23.4 Å². The van der Waals surface area contributed by atoms with Crippen molar-refractivity contribution < 1.29 is 32.2 Å². The van der Waals surface area contributed by atoms with Crippen LogP contribution in [0.2, 0.25) is 0 Å². The highest BCUT2D eigenvalue weighted by atomic mass is 19.2. The number of hydrogen-bond donors (Lipinski definition) is 1. The van der Waals surface area contributed by atoms with Crippen molar-refractivity contribution in [3.8, 4) is 5.75 Å². The van der Waals surface area contributed by atoms with Gasteiger partial charge >= 0.3 is 5.97 Å². The number of esters is 1. The molecule has 0 unspecified atom stereocenters. The molecule has 1 aliphatic carbocycles. The first-order valence-electron chi connectivity index (χ1n) is 9.79. The topological polar surface area (TPSA) is 64.6 Å². The van der Waals surface area contributed by atoms with Gasteiger partial charge in [0.1, 0.15) is 5.75 Å². The molecule has 0 aromatic heterocycles. The molecule has 0 spiro atoms. The van der Waals surface area contributed by atoms with Crippen molar-refractivity contribution in [1.29, 1.82) is 0 Å². The Kier molecular flexibility index (Phi) is 6.99. The SMILES string of the molecule is CCOC(=O)[C@H](c1cccc(OC)c1)[C@@H]1C=C[C@H](NC(=O)c2ccc(F)c(F)c2F)C1. The maximum atomic E-state index is 13.9. The smallest absolute Gasteiger partial charge is 0.314 e. The third-order valence-corrected chi connectivity index (χ3v) is 5.13. The van der Waals surface area contributed by atoms with Gasteiger partial charge in [0, 0.05) is 6.04 Å². The Balaban J connectivity index is 1.76. The largest absolute Gasteiger partial charge is 0.497 e. The highest BCUT2D eigenvalue weighted by Crippen LogP contribution is 2.35. The summed E-state index contributed by atoms with van der Waals surface area (Å²) in [6.07, 6.45) is 3.82. The van der Waals surface area contributed by atoms with Crippen LogP contribution < -0.4 is 10.1 Å². The van der Waals surface area contributed by atoms with E-state index in [9.17, 15) is 22.8 Å². The Hall–Kier alpha value is -3.29. The molecule has 8 heteroatoms. The Bertz CT molecular complexity index is 1010. The van der Waals surface area contributed by atoms with Gasteiger partial charge in [-0.2, -0.15) is 0 Å². The van der Waals surface area contributed by atoms with Crippen molar-refractivity contribution in [3.63, 3.8) is 0 Å². The molecule has 2 aromatic rings. The van der Waals surface area contributed by atoms with E-state index in [0.717, 1.165) is 6.07 Å². The number of rotatable bonds is 7. The van der Waals surface area contributed by atoms with E-state index in [1.165, 1.54) is 7.11 Å². The molecule has 0 heterocycles. The Morgan fingerprint density at radius 2 is 1.90 bits per heavy atom. The van der Waals surface area contributed by atoms with Crippen LogP contribution in [0.4, 0.5) is 13.2 Å². The number of carbonyl (C=O) groups is 2. The lowest BCUT2D eigenvalue weighted by atomic mass is 9.85. The molecule has 0 fully saturated rings. The number of ether oxygens (including phenoxy) is 2. The van der Waals surface area contributed by atoms with Crippen molar-refractivity contribution in [2.45, 2.75) is 25.3 Å². The monoisotopic (exact) mass is 433 g/mol. The minimum absolute atomic E-state index is 0.214. The lowest BCUT2D eigenvalue weighted by Gasteiger charge is -2.23. The second-order valence-corrected chi connectivity index (χ2v) is 7.09. The molecule has 2 aromatic carbocycles. The number of amides is 1. The van der Waals surface area contributed by atoms with Crippen molar-refractivity contribution >= 4 is 11.9 Å². The van der Waals surface area contributed by atoms with Crippen LogP contribution >= 0.6 is 0 Å². The molecular weight excluding hydrogens is 411 g/mol. The standard InChI is InChI=1S/C23H22F3NO4/c1-3-31-23(29)19(13-5-4-6-16(12-13)30-2)14-7-8-15(11-14)27-22(28)17-9-10-18(24)21(26)20(17)25/h4-10,12,14-15,19H,3,11H2,1-2H3,(H,27,28)/t14-,15+,19-/m1/s1. The highest BCUT2D eigenvalue weighted by molar-refractivity contribution is 5.94. The Morgan fingerprint density at radius 1 is 1.13 bits per heavy atom. The molecule has 0 bridgehead atoms. The van der Waals surface area contributed by atoms with Crippen LogP contribution in [0.1, 0.15) is 35.2 Å². The van der Waals surface area contributed by atoms with Gasteiger partial charge in [-0.25, -0.2) is 13.2 Å². The number of benzene rings is 2. The molecular formula is C23H22F3NO4. The zero-order valence-corrected chi connectivity index (χ0v) is 17.0. The summed E-state index contributed by atoms with van der Waals surface area (Å²) in [6, 6.07) is 8.13. The van der Waals surface area contributed by atoms with E-state index in [-0.39, 0.29) is 12.5 Å². The van der Waals surface area contributed by atoms with Crippen LogP contribution in [0.15, 0.2) is 48.6 Å². The third kappa shape index (κ3) is 4.90. The molecule has 0 saturated heterocycles. The van der Waals surface area contributed by atoms with Gasteiger partial charge in [0.2, 0.25) is 0 Å². The predicted molar refractivity (Wildman–Crippen MR) is 107 cm³/mol. The summed E-state index contributed by atoms with van der Waals surface area (Å²) in [5.41, 5.74) is 0.108. The number of allylic oxidation sites excluding steroid dienone is 1. The molecule has 1 amide bonds. The average molecular weight is 433 g/mol. The highest BCUT2D eigenvalue weighted by Gasteiger charge is 2.35. The minimum Gasteiger partial charge on any atom is -0.497 e. The first-order valence-corrected chi connectivity index (χ1v) is 9.79. The van der Waals surface area contributed by atoms with Gasteiger partial charge < -0.3 is 14.8 Å². The number of halogens is 3. The molecule has 0 aliphatic heterocycles. The molecule has 0 radical (unpaired) electrons. The second kappa shape index (κ2) is 9.68. The van der Waals surface area contributed by atoms with Crippen LogP contribution in [0.25, 0.3) is 0 Å². The van der Waals surface area contributed by atoms with E-state index in [0.29, 0.717) is 23.8 Å². The van der Waals surface area contributed by atoms with Gasteiger partial charge in [0.25, 0.3) is 5.91 Å². The van der Waals surface area contributed by atoms with E-state index in [2.05, 4.69) is 5.32 Å². The quantitative estimate of drug-likeness (QED) is 0.405. The first-order chi connectivity index (χ1) is 14.8. The first kappa shape index (κ1) is 22.4. The number of carbonyl (C=O) groups excluding carboxylic acids is 2. The van der Waals surface area contributed by atoms with E-state index >= 15 is 0 Å². The molecule has 1 N–H and O–H groups in total. The maximum absolute atomic E-state index is 13.9. The minimum atomic E-state index is -1.70. The van der Waals surface area contributed by atoms with Crippen molar-refractivity contribution in [2.24, 2.45) is 5.92 Å². The van der Waals surface area contributed by atoms with Gasteiger partial charge in [-0.05, 0) is 49.1 Å².